The maximum atomic E-state index is 11.8. The monoisotopic (exact) mass is 274 g/mol. The standard InChI is InChI=1S/C12H19ClN2OS/c1-4-15(5-2)12(16)8-14-9(3)10-6-7-11(13)17-10/h6-7,9,14H,4-5,8H2,1-3H3. The van der Waals surface area contributed by atoms with Crippen LogP contribution in [0.4, 0.5) is 0 Å². The van der Waals surface area contributed by atoms with Crippen molar-refractivity contribution in [3.8, 4) is 0 Å². The van der Waals surface area contributed by atoms with Crippen LogP contribution in [-0.4, -0.2) is 30.4 Å². The van der Waals surface area contributed by atoms with Gasteiger partial charge in [-0.15, -0.1) is 11.3 Å². The molecule has 1 N–H and O–H groups in total. The molecule has 1 atom stereocenters. The van der Waals surface area contributed by atoms with Gasteiger partial charge >= 0.3 is 0 Å². The minimum Gasteiger partial charge on any atom is -0.342 e. The van der Waals surface area contributed by atoms with Gasteiger partial charge in [0.15, 0.2) is 0 Å². The van der Waals surface area contributed by atoms with Gasteiger partial charge in [0.1, 0.15) is 0 Å². The molecule has 3 nitrogen and oxygen atoms in total. The molecule has 0 aliphatic heterocycles. The Bertz CT molecular complexity index is 363. The second kappa shape index (κ2) is 6.99. The number of thiophene rings is 1. The lowest BCUT2D eigenvalue weighted by molar-refractivity contribution is -0.129. The van der Waals surface area contributed by atoms with Crippen molar-refractivity contribution >= 4 is 28.8 Å². The van der Waals surface area contributed by atoms with Gasteiger partial charge in [0, 0.05) is 24.0 Å². The Kier molecular flexibility index (Phi) is 5.95. The van der Waals surface area contributed by atoms with Gasteiger partial charge in [0.05, 0.1) is 10.9 Å². The molecule has 1 unspecified atom stereocenters. The lowest BCUT2D eigenvalue weighted by Crippen LogP contribution is -2.38. The highest BCUT2D eigenvalue weighted by Gasteiger charge is 2.12. The van der Waals surface area contributed by atoms with Gasteiger partial charge < -0.3 is 10.2 Å². The minimum absolute atomic E-state index is 0.143. The summed E-state index contributed by atoms with van der Waals surface area (Å²) in [6.07, 6.45) is 0. The summed E-state index contributed by atoms with van der Waals surface area (Å²) in [6.45, 7) is 7.91. The molecule has 0 bridgehead atoms. The van der Waals surface area contributed by atoms with Crippen molar-refractivity contribution in [3.63, 3.8) is 0 Å². The van der Waals surface area contributed by atoms with E-state index in [9.17, 15) is 4.79 Å². The van der Waals surface area contributed by atoms with E-state index in [-0.39, 0.29) is 11.9 Å². The van der Waals surface area contributed by atoms with E-state index in [0.717, 1.165) is 22.3 Å². The van der Waals surface area contributed by atoms with Crippen LogP contribution in [0.2, 0.25) is 4.34 Å². The van der Waals surface area contributed by atoms with Gasteiger partial charge in [0.25, 0.3) is 0 Å². The number of carbonyl (C=O) groups is 1. The topological polar surface area (TPSA) is 32.3 Å². The summed E-state index contributed by atoms with van der Waals surface area (Å²) in [5.41, 5.74) is 0. The first-order valence-electron chi connectivity index (χ1n) is 5.84. The van der Waals surface area contributed by atoms with Crippen LogP contribution in [0.5, 0.6) is 0 Å². The van der Waals surface area contributed by atoms with Crippen molar-refractivity contribution in [2.45, 2.75) is 26.8 Å². The van der Waals surface area contributed by atoms with Crippen molar-refractivity contribution in [2.75, 3.05) is 19.6 Å². The molecular formula is C12H19ClN2OS. The van der Waals surface area contributed by atoms with Gasteiger partial charge in [-0.05, 0) is 32.9 Å². The van der Waals surface area contributed by atoms with Crippen LogP contribution in [0.15, 0.2) is 12.1 Å². The van der Waals surface area contributed by atoms with E-state index in [1.54, 1.807) is 11.3 Å². The van der Waals surface area contributed by atoms with Crippen LogP contribution < -0.4 is 5.32 Å². The molecule has 1 heterocycles. The van der Waals surface area contributed by atoms with E-state index in [0.29, 0.717) is 6.54 Å². The zero-order valence-electron chi connectivity index (χ0n) is 10.5. The molecule has 1 aromatic heterocycles. The molecule has 0 aliphatic rings. The van der Waals surface area contributed by atoms with E-state index < -0.39 is 0 Å². The summed E-state index contributed by atoms with van der Waals surface area (Å²) in [6, 6.07) is 4.03. The third-order valence-corrected chi connectivity index (χ3v) is 4.11. The Labute approximate surface area is 112 Å². The van der Waals surface area contributed by atoms with E-state index in [4.69, 9.17) is 11.6 Å². The molecule has 1 rings (SSSR count). The number of carbonyl (C=O) groups excluding carboxylic acids is 1. The fraction of sp³-hybridized carbons (Fsp3) is 0.583. The predicted molar refractivity (Wildman–Crippen MR) is 73.7 cm³/mol. The Morgan fingerprint density at radius 1 is 1.47 bits per heavy atom. The Morgan fingerprint density at radius 3 is 2.59 bits per heavy atom. The summed E-state index contributed by atoms with van der Waals surface area (Å²) in [5.74, 6) is 0.143. The van der Waals surface area contributed by atoms with Crippen LogP contribution >= 0.6 is 22.9 Å². The maximum Gasteiger partial charge on any atom is 0.236 e. The molecule has 0 radical (unpaired) electrons. The SMILES string of the molecule is CCN(CC)C(=O)CNC(C)c1ccc(Cl)s1. The van der Waals surface area contributed by atoms with Crippen molar-refractivity contribution in [1.82, 2.24) is 10.2 Å². The van der Waals surface area contributed by atoms with Crippen LogP contribution in [0.3, 0.4) is 0 Å². The maximum absolute atomic E-state index is 11.8. The summed E-state index contributed by atoms with van der Waals surface area (Å²) in [5, 5.41) is 3.22. The highest BCUT2D eigenvalue weighted by molar-refractivity contribution is 7.16. The molecule has 17 heavy (non-hydrogen) atoms. The first kappa shape index (κ1) is 14.5. The number of hydrogen-bond acceptors (Lipinski definition) is 3. The fourth-order valence-corrected chi connectivity index (χ4v) is 2.68. The second-order valence-corrected chi connectivity index (χ2v) is 5.56. The fourth-order valence-electron chi connectivity index (χ4n) is 1.59. The smallest absolute Gasteiger partial charge is 0.236 e. The highest BCUT2D eigenvalue weighted by Crippen LogP contribution is 2.26. The second-order valence-electron chi connectivity index (χ2n) is 3.81. The molecule has 1 amide bonds. The molecule has 0 saturated heterocycles. The molecule has 0 saturated carbocycles. The van der Waals surface area contributed by atoms with Crippen molar-refractivity contribution < 1.29 is 4.79 Å². The molecule has 0 fully saturated rings. The summed E-state index contributed by atoms with van der Waals surface area (Å²) in [4.78, 5) is 14.8. The van der Waals surface area contributed by atoms with Gasteiger partial charge in [-0.1, -0.05) is 11.6 Å². The molecule has 0 aromatic carbocycles. The summed E-state index contributed by atoms with van der Waals surface area (Å²) in [7, 11) is 0. The van der Waals surface area contributed by atoms with Gasteiger partial charge in [-0.2, -0.15) is 0 Å². The zero-order valence-corrected chi connectivity index (χ0v) is 12.1. The zero-order chi connectivity index (χ0) is 12.8. The molecule has 96 valence electrons. The first-order chi connectivity index (χ1) is 8.08. The molecule has 0 spiro atoms. The van der Waals surface area contributed by atoms with Crippen LogP contribution in [0, 0.1) is 0 Å². The summed E-state index contributed by atoms with van der Waals surface area (Å²) >= 11 is 7.42. The van der Waals surface area contributed by atoms with Gasteiger partial charge in [0.2, 0.25) is 5.91 Å². The quantitative estimate of drug-likeness (QED) is 0.865. The lowest BCUT2D eigenvalue weighted by Gasteiger charge is -2.20. The Balaban J connectivity index is 2.43. The number of nitrogens with one attached hydrogen (secondary N) is 1. The average molecular weight is 275 g/mol. The van der Waals surface area contributed by atoms with E-state index in [2.05, 4.69) is 5.32 Å². The Hall–Kier alpha value is -0.580. The van der Waals surface area contributed by atoms with Crippen molar-refractivity contribution in [3.05, 3.63) is 21.3 Å². The minimum atomic E-state index is 0.143. The average Bonchev–Trinajstić information content (AvgIpc) is 2.74. The van der Waals surface area contributed by atoms with E-state index in [1.165, 1.54) is 0 Å². The lowest BCUT2D eigenvalue weighted by atomic mass is 10.3. The van der Waals surface area contributed by atoms with Crippen LogP contribution in [0.1, 0.15) is 31.7 Å². The number of nitrogens with zero attached hydrogens (tertiary/aromatic N) is 1. The van der Waals surface area contributed by atoms with Gasteiger partial charge in [-0.25, -0.2) is 0 Å². The third kappa shape index (κ3) is 4.30. The molecule has 5 heteroatoms. The Morgan fingerprint density at radius 2 is 2.12 bits per heavy atom. The summed E-state index contributed by atoms with van der Waals surface area (Å²) < 4.78 is 0.781. The molecule has 1 aromatic rings. The highest BCUT2D eigenvalue weighted by atomic mass is 35.5. The first-order valence-corrected chi connectivity index (χ1v) is 7.04. The van der Waals surface area contributed by atoms with E-state index in [1.807, 2.05) is 37.8 Å². The number of likely N-dealkylation sites (N-methyl/N-ethyl adjacent to an activating group) is 1. The van der Waals surface area contributed by atoms with Gasteiger partial charge in [-0.3, -0.25) is 4.79 Å². The number of rotatable bonds is 6. The van der Waals surface area contributed by atoms with Crippen molar-refractivity contribution in [2.24, 2.45) is 0 Å². The van der Waals surface area contributed by atoms with Crippen molar-refractivity contribution in [1.29, 1.82) is 0 Å². The molecule has 0 aliphatic carbocycles. The van der Waals surface area contributed by atoms with E-state index >= 15 is 0 Å². The number of halogens is 1. The largest absolute Gasteiger partial charge is 0.342 e. The predicted octanol–water partition coefficient (Wildman–Crippen LogP) is 2.92. The molecular weight excluding hydrogens is 256 g/mol. The third-order valence-electron chi connectivity index (χ3n) is 2.70. The number of amides is 1. The normalized spacial score (nSPS) is 12.5. The number of hydrogen-bond donors (Lipinski definition) is 1. The van der Waals surface area contributed by atoms with Crippen LogP contribution in [0.25, 0.3) is 0 Å². The van der Waals surface area contributed by atoms with Crippen LogP contribution in [-0.2, 0) is 4.79 Å².